The molecular weight excluding hydrogens is 318 g/mol. The van der Waals surface area contributed by atoms with Crippen molar-refractivity contribution < 1.29 is 19.4 Å². The standard InChI is InChI=1S/C20H23NO4/c1-20(2,16-7-9-17(22)10-8-16)19(24)21-12-11-14-5-4-6-15(13-14)18(23)25-3/h4-10,13,22H,11-12H2,1-3H3,(H,21,24). The summed E-state index contributed by atoms with van der Waals surface area (Å²) in [5, 5.41) is 12.3. The van der Waals surface area contributed by atoms with Crippen molar-refractivity contribution in [1.82, 2.24) is 5.32 Å². The van der Waals surface area contributed by atoms with Crippen LogP contribution >= 0.6 is 0 Å². The molecular formula is C20H23NO4. The molecule has 0 spiro atoms. The fourth-order valence-electron chi connectivity index (χ4n) is 2.52. The monoisotopic (exact) mass is 341 g/mol. The Labute approximate surface area is 147 Å². The summed E-state index contributed by atoms with van der Waals surface area (Å²) in [6, 6.07) is 13.8. The van der Waals surface area contributed by atoms with E-state index in [1.165, 1.54) is 7.11 Å². The van der Waals surface area contributed by atoms with Crippen LogP contribution in [0.25, 0.3) is 0 Å². The summed E-state index contributed by atoms with van der Waals surface area (Å²) < 4.78 is 4.71. The molecule has 132 valence electrons. The minimum absolute atomic E-state index is 0.0951. The highest BCUT2D eigenvalue weighted by Gasteiger charge is 2.29. The SMILES string of the molecule is COC(=O)c1cccc(CCNC(=O)C(C)(C)c2ccc(O)cc2)c1. The topological polar surface area (TPSA) is 75.6 Å². The Kier molecular flexibility index (Phi) is 5.80. The van der Waals surface area contributed by atoms with Gasteiger partial charge >= 0.3 is 5.97 Å². The number of hydrogen-bond acceptors (Lipinski definition) is 4. The Morgan fingerprint density at radius 3 is 2.44 bits per heavy atom. The van der Waals surface area contributed by atoms with Crippen molar-refractivity contribution in [2.75, 3.05) is 13.7 Å². The molecule has 5 heteroatoms. The molecule has 2 N–H and O–H groups in total. The van der Waals surface area contributed by atoms with Crippen LogP contribution < -0.4 is 5.32 Å². The molecule has 1 amide bonds. The molecule has 5 nitrogen and oxygen atoms in total. The number of hydrogen-bond donors (Lipinski definition) is 2. The lowest BCUT2D eigenvalue weighted by Gasteiger charge is -2.24. The number of phenolic OH excluding ortho intramolecular Hbond substituents is 1. The van der Waals surface area contributed by atoms with Crippen molar-refractivity contribution in [3.63, 3.8) is 0 Å². The minimum atomic E-state index is -0.707. The van der Waals surface area contributed by atoms with E-state index in [2.05, 4.69) is 5.32 Å². The quantitative estimate of drug-likeness (QED) is 0.792. The van der Waals surface area contributed by atoms with Crippen molar-refractivity contribution in [1.29, 1.82) is 0 Å². The van der Waals surface area contributed by atoms with Gasteiger partial charge in [-0.15, -0.1) is 0 Å². The van der Waals surface area contributed by atoms with E-state index in [-0.39, 0.29) is 17.6 Å². The summed E-state index contributed by atoms with van der Waals surface area (Å²) in [6.07, 6.45) is 0.613. The summed E-state index contributed by atoms with van der Waals surface area (Å²) in [4.78, 5) is 24.1. The number of phenols is 1. The number of aromatic hydroxyl groups is 1. The second-order valence-electron chi connectivity index (χ2n) is 6.37. The number of methoxy groups -OCH3 is 1. The first-order valence-corrected chi connectivity index (χ1v) is 8.09. The Hall–Kier alpha value is -2.82. The number of benzene rings is 2. The molecule has 0 bridgehead atoms. The summed E-state index contributed by atoms with van der Waals surface area (Å²) >= 11 is 0. The molecule has 0 atom stereocenters. The predicted molar refractivity (Wildman–Crippen MR) is 95.6 cm³/mol. The van der Waals surface area contributed by atoms with E-state index < -0.39 is 5.41 Å². The second kappa shape index (κ2) is 7.83. The highest BCUT2D eigenvalue weighted by atomic mass is 16.5. The van der Waals surface area contributed by atoms with Crippen LogP contribution in [0.15, 0.2) is 48.5 Å². The van der Waals surface area contributed by atoms with E-state index in [9.17, 15) is 14.7 Å². The maximum Gasteiger partial charge on any atom is 0.337 e. The zero-order valence-corrected chi connectivity index (χ0v) is 14.7. The molecule has 0 aliphatic heterocycles. The maximum absolute atomic E-state index is 12.5. The first kappa shape index (κ1) is 18.5. The molecule has 25 heavy (non-hydrogen) atoms. The van der Waals surface area contributed by atoms with Gasteiger partial charge < -0.3 is 15.2 Å². The highest BCUT2D eigenvalue weighted by molar-refractivity contribution is 5.89. The Balaban J connectivity index is 1.96. The second-order valence-corrected chi connectivity index (χ2v) is 6.37. The molecule has 0 saturated heterocycles. The molecule has 0 unspecified atom stereocenters. The summed E-state index contributed by atoms with van der Waals surface area (Å²) in [6.45, 7) is 4.14. The highest BCUT2D eigenvalue weighted by Crippen LogP contribution is 2.25. The van der Waals surface area contributed by atoms with E-state index in [1.807, 2.05) is 19.9 Å². The predicted octanol–water partition coefficient (Wildman–Crippen LogP) is 2.82. The minimum Gasteiger partial charge on any atom is -0.508 e. The van der Waals surface area contributed by atoms with Gasteiger partial charge in [-0.2, -0.15) is 0 Å². The molecule has 0 aliphatic carbocycles. The summed E-state index contributed by atoms with van der Waals surface area (Å²) in [5.74, 6) is -0.299. The molecule has 0 aliphatic rings. The van der Waals surface area contributed by atoms with Crippen LogP contribution in [-0.2, 0) is 21.4 Å². The lowest BCUT2D eigenvalue weighted by atomic mass is 9.83. The number of carbonyl (C=O) groups is 2. The van der Waals surface area contributed by atoms with Gasteiger partial charge in [0.15, 0.2) is 0 Å². The third kappa shape index (κ3) is 4.59. The normalized spacial score (nSPS) is 11.0. The molecule has 0 radical (unpaired) electrons. The third-order valence-corrected chi connectivity index (χ3v) is 4.20. The van der Waals surface area contributed by atoms with E-state index in [4.69, 9.17) is 4.74 Å². The van der Waals surface area contributed by atoms with E-state index in [0.29, 0.717) is 18.5 Å². The van der Waals surface area contributed by atoms with Gasteiger partial charge in [0.05, 0.1) is 18.1 Å². The number of ether oxygens (including phenoxy) is 1. The van der Waals surface area contributed by atoms with Crippen molar-refractivity contribution in [2.45, 2.75) is 25.7 Å². The number of nitrogens with one attached hydrogen (secondary N) is 1. The van der Waals surface area contributed by atoms with Gasteiger partial charge in [-0.25, -0.2) is 4.79 Å². The molecule has 2 aromatic rings. The van der Waals surface area contributed by atoms with Gasteiger partial charge in [0, 0.05) is 6.54 Å². The maximum atomic E-state index is 12.5. The number of rotatable bonds is 6. The smallest absolute Gasteiger partial charge is 0.337 e. The van der Waals surface area contributed by atoms with Crippen LogP contribution in [0.2, 0.25) is 0 Å². The molecule has 0 fully saturated rings. The zero-order chi connectivity index (χ0) is 18.4. The van der Waals surface area contributed by atoms with Gasteiger partial charge in [0.2, 0.25) is 5.91 Å². The van der Waals surface area contributed by atoms with Crippen LogP contribution in [0.3, 0.4) is 0 Å². The molecule has 2 aromatic carbocycles. The average Bonchev–Trinajstić information content (AvgIpc) is 2.61. The van der Waals surface area contributed by atoms with E-state index in [0.717, 1.165) is 11.1 Å². The largest absolute Gasteiger partial charge is 0.508 e. The van der Waals surface area contributed by atoms with Crippen LogP contribution in [0, 0.1) is 0 Å². The summed E-state index contributed by atoms with van der Waals surface area (Å²) in [5.41, 5.74) is 1.57. The molecule has 0 aromatic heterocycles. The lowest BCUT2D eigenvalue weighted by Crippen LogP contribution is -2.40. The van der Waals surface area contributed by atoms with Crippen molar-refractivity contribution in [2.24, 2.45) is 0 Å². The van der Waals surface area contributed by atoms with Gasteiger partial charge in [-0.3, -0.25) is 4.79 Å². The molecule has 0 heterocycles. The number of amides is 1. The lowest BCUT2D eigenvalue weighted by molar-refractivity contribution is -0.125. The van der Waals surface area contributed by atoms with Crippen molar-refractivity contribution in [3.8, 4) is 5.75 Å². The average molecular weight is 341 g/mol. The van der Waals surface area contributed by atoms with Crippen LogP contribution in [0.1, 0.15) is 35.3 Å². The first-order valence-electron chi connectivity index (χ1n) is 8.09. The Bertz CT molecular complexity index is 751. The summed E-state index contributed by atoms with van der Waals surface area (Å²) in [7, 11) is 1.35. The number of esters is 1. The Morgan fingerprint density at radius 2 is 1.80 bits per heavy atom. The zero-order valence-electron chi connectivity index (χ0n) is 14.7. The number of carbonyl (C=O) groups excluding carboxylic acids is 2. The van der Waals surface area contributed by atoms with Gasteiger partial charge in [-0.05, 0) is 55.7 Å². The molecule has 0 saturated carbocycles. The third-order valence-electron chi connectivity index (χ3n) is 4.20. The van der Waals surface area contributed by atoms with Gasteiger partial charge in [0.25, 0.3) is 0 Å². The van der Waals surface area contributed by atoms with Crippen LogP contribution in [0.4, 0.5) is 0 Å². The van der Waals surface area contributed by atoms with E-state index >= 15 is 0 Å². The van der Waals surface area contributed by atoms with Gasteiger partial charge in [0.1, 0.15) is 5.75 Å². The first-order chi connectivity index (χ1) is 11.8. The van der Waals surface area contributed by atoms with Crippen LogP contribution in [0.5, 0.6) is 5.75 Å². The van der Waals surface area contributed by atoms with Crippen molar-refractivity contribution in [3.05, 3.63) is 65.2 Å². The fraction of sp³-hybridized carbons (Fsp3) is 0.300. The van der Waals surface area contributed by atoms with E-state index in [1.54, 1.807) is 42.5 Å². The fourth-order valence-corrected chi connectivity index (χ4v) is 2.52. The molecule has 2 rings (SSSR count). The van der Waals surface area contributed by atoms with Crippen LogP contribution in [-0.4, -0.2) is 30.6 Å². The van der Waals surface area contributed by atoms with Crippen molar-refractivity contribution >= 4 is 11.9 Å². The van der Waals surface area contributed by atoms with Gasteiger partial charge in [-0.1, -0.05) is 24.3 Å². The Morgan fingerprint density at radius 1 is 1.12 bits per heavy atom.